The van der Waals surface area contributed by atoms with Crippen LogP contribution in [-0.2, 0) is 34.5 Å². The summed E-state index contributed by atoms with van der Waals surface area (Å²) in [5, 5.41) is 9.10. The van der Waals surface area contributed by atoms with Crippen LogP contribution < -0.4 is 16.0 Å². The molecule has 196 valence electrons. The first-order valence-corrected chi connectivity index (χ1v) is 12.6. The smallest absolute Gasteiger partial charge is 0.251 e. The van der Waals surface area contributed by atoms with Gasteiger partial charge in [0.15, 0.2) is 5.82 Å². The number of amides is 2. The van der Waals surface area contributed by atoms with Crippen molar-refractivity contribution in [3.63, 3.8) is 0 Å². The highest BCUT2D eigenvalue weighted by Gasteiger charge is 2.44. The molecule has 10 heteroatoms. The van der Waals surface area contributed by atoms with Crippen molar-refractivity contribution in [2.75, 3.05) is 5.32 Å². The molecule has 1 aliphatic carbocycles. The van der Waals surface area contributed by atoms with Gasteiger partial charge in [0, 0.05) is 23.9 Å². The number of hydrogen-bond donors (Lipinski definition) is 3. The fourth-order valence-electron chi connectivity index (χ4n) is 5.45. The van der Waals surface area contributed by atoms with Crippen molar-refractivity contribution in [2.45, 2.75) is 77.0 Å². The van der Waals surface area contributed by atoms with Crippen LogP contribution in [0.3, 0.4) is 0 Å². The van der Waals surface area contributed by atoms with Gasteiger partial charge in [0.2, 0.25) is 5.91 Å². The summed E-state index contributed by atoms with van der Waals surface area (Å²) in [4.78, 5) is 30.5. The summed E-state index contributed by atoms with van der Waals surface area (Å²) < 4.78 is 35.3. The largest absolute Gasteiger partial charge is 0.464 e. The van der Waals surface area contributed by atoms with Crippen LogP contribution in [0.25, 0.3) is 0 Å². The van der Waals surface area contributed by atoms with Crippen molar-refractivity contribution < 1.29 is 22.8 Å². The lowest BCUT2D eigenvalue weighted by molar-refractivity contribution is -0.128. The number of nitrogens with zero attached hydrogens (tertiary/aromatic N) is 2. The lowest BCUT2D eigenvalue weighted by atomic mass is 9.87. The van der Waals surface area contributed by atoms with E-state index < -0.39 is 23.2 Å². The molecule has 3 N–H and O–H groups in total. The summed E-state index contributed by atoms with van der Waals surface area (Å²) in [6.07, 6.45) is 6.13. The molecule has 8 nitrogen and oxygen atoms in total. The average Bonchev–Trinajstić information content (AvgIpc) is 3.48. The summed E-state index contributed by atoms with van der Waals surface area (Å²) in [5.41, 5.74) is 0.891. The molecule has 1 aliphatic heterocycles. The van der Waals surface area contributed by atoms with Gasteiger partial charge < -0.3 is 24.9 Å². The van der Waals surface area contributed by atoms with Crippen LogP contribution in [0.2, 0.25) is 0 Å². The van der Waals surface area contributed by atoms with Gasteiger partial charge in [0.25, 0.3) is 5.91 Å². The van der Waals surface area contributed by atoms with E-state index in [0.717, 1.165) is 18.1 Å². The third kappa shape index (κ3) is 4.66. The van der Waals surface area contributed by atoms with Crippen molar-refractivity contribution in [2.24, 2.45) is 0 Å². The number of aryl methyl sites for hydroxylation is 2. The standard InChI is InChI=1S/C27H31F2N5O3/c1-4-5-22(32-18-7-6-16-9-17(28)10-21(29)19(16)11-18)25(35)33-24-13-34(14-31-24)27(3)20-8-15(2)37-23(20)12-30-26(27)36/h8-10,13-14,18,22,32H,4-7,11-12H2,1-3H3,(H,30,36)(H,33,35)/t18-,22-,27?/m0/s1. The summed E-state index contributed by atoms with van der Waals surface area (Å²) in [7, 11) is 0. The van der Waals surface area contributed by atoms with Crippen LogP contribution in [-0.4, -0.2) is 33.4 Å². The quantitative estimate of drug-likeness (QED) is 0.449. The fourth-order valence-corrected chi connectivity index (χ4v) is 5.45. The predicted molar refractivity (Wildman–Crippen MR) is 133 cm³/mol. The maximum absolute atomic E-state index is 14.4. The minimum absolute atomic E-state index is 0.111. The number of fused-ring (bicyclic) bond motifs is 2. The van der Waals surface area contributed by atoms with Gasteiger partial charge in [-0.3, -0.25) is 9.59 Å². The molecule has 0 bridgehead atoms. The van der Waals surface area contributed by atoms with E-state index in [4.69, 9.17) is 4.42 Å². The zero-order chi connectivity index (χ0) is 26.3. The molecule has 2 aliphatic rings. The van der Waals surface area contributed by atoms with Crippen LogP contribution >= 0.6 is 0 Å². The van der Waals surface area contributed by atoms with Gasteiger partial charge >= 0.3 is 0 Å². The molecule has 0 fully saturated rings. The number of benzene rings is 1. The highest BCUT2D eigenvalue weighted by Crippen LogP contribution is 2.35. The number of anilines is 1. The zero-order valence-electron chi connectivity index (χ0n) is 21.2. The zero-order valence-corrected chi connectivity index (χ0v) is 21.2. The van der Waals surface area contributed by atoms with Crippen LogP contribution in [0, 0.1) is 18.6 Å². The van der Waals surface area contributed by atoms with Crippen LogP contribution in [0.4, 0.5) is 14.6 Å². The maximum Gasteiger partial charge on any atom is 0.251 e. The molecule has 3 atom stereocenters. The molecule has 1 unspecified atom stereocenters. The van der Waals surface area contributed by atoms with Gasteiger partial charge in [-0.2, -0.15) is 0 Å². The van der Waals surface area contributed by atoms with Gasteiger partial charge in [0.1, 0.15) is 28.7 Å². The topological polar surface area (TPSA) is 101 Å². The number of aromatic nitrogens is 2. The first kappa shape index (κ1) is 25.1. The molecule has 37 heavy (non-hydrogen) atoms. The number of carbonyl (C=O) groups is 2. The molecule has 3 aromatic rings. The van der Waals surface area contributed by atoms with E-state index >= 15 is 0 Å². The Kier molecular flexibility index (Phi) is 6.61. The van der Waals surface area contributed by atoms with Crippen molar-refractivity contribution in [3.8, 4) is 0 Å². The lowest BCUT2D eigenvalue weighted by Crippen LogP contribution is -2.50. The number of imidazole rings is 1. The van der Waals surface area contributed by atoms with Crippen molar-refractivity contribution >= 4 is 17.6 Å². The molecular weight excluding hydrogens is 480 g/mol. The number of rotatable bonds is 7. The van der Waals surface area contributed by atoms with Gasteiger partial charge in [-0.25, -0.2) is 13.8 Å². The highest BCUT2D eigenvalue weighted by atomic mass is 19.1. The Bertz CT molecular complexity index is 1350. The molecule has 1 aromatic carbocycles. The molecule has 0 spiro atoms. The van der Waals surface area contributed by atoms with Crippen molar-refractivity contribution in [1.82, 2.24) is 20.2 Å². The minimum Gasteiger partial charge on any atom is -0.464 e. The molecule has 5 rings (SSSR count). The Morgan fingerprint density at radius 2 is 2.16 bits per heavy atom. The second kappa shape index (κ2) is 9.74. The Morgan fingerprint density at radius 3 is 2.95 bits per heavy atom. The number of carbonyl (C=O) groups excluding carboxylic acids is 2. The minimum atomic E-state index is -1.07. The highest BCUT2D eigenvalue weighted by molar-refractivity contribution is 5.94. The van der Waals surface area contributed by atoms with Crippen LogP contribution in [0.15, 0.2) is 35.1 Å². The number of halogens is 2. The third-order valence-electron chi connectivity index (χ3n) is 7.45. The molecule has 0 saturated heterocycles. The Balaban J connectivity index is 1.30. The number of furan rings is 1. The van der Waals surface area contributed by atoms with E-state index in [1.54, 1.807) is 17.7 Å². The fraction of sp³-hybridized carbons (Fsp3) is 0.444. The second-order valence-corrected chi connectivity index (χ2v) is 10.1. The normalized spacial score (nSPS) is 21.6. The van der Waals surface area contributed by atoms with E-state index in [9.17, 15) is 18.4 Å². The first-order chi connectivity index (χ1) is 17.7. The van der Waals surface area contributed by atoms with Gasteiger partial charge in [-0.1, -0.05) is 13.3 Å². The monoisotopic (exact) mass is 511 g/mol. The van der Waals surface area contributed by atoms with Crippen molar-refractivity contribution in [1.29, 1.82) is 0 Å². The Morgan fingerprint density at radius 1 is 1.35 bits per heavy atom. The van der Waals surface area contributed by atoms with E-state index in [0.29, 0.717) is 60.7 Å². The molecule has 2 aromatic heterocycles. The Labute approximate surface area is 213 Å². The molecule has 0 radical (unpaired) electrons. The maximum atomic E-state index is 14.4. The summed E-state index contributed by atoms with van der Waals surface area (Å²) in [6.45, 7) is 5.93. The van der Waals surface area contributed by atoms with E-state index in [2.05, 4.69) is 20.9 Å². The van der Waals surface area contributed by atoms with E-state index in [-0.39, 0.29) is 17.9 Å². The number of hydrogen-bond acceptors (Lipinski definition) is 5. The predicted octanol–water partition coefficient (Wildman–Crippen LogP) is 3.71. The third-order valence-corrected chi connectivity index (χ3v) is 7.45. The SMILES string of the molecule is CCC[C@H](N[C@H]1CCc2cc(F)cc(F)c2C1)C(=O)Nc1cn(C2(C)C(=O)NCc3oc(C)cc32)cn1. The molecule has 0 saturated carbocycles. The van der Waals surface area contributed by atoms with Crippen LogP contribution in [0.5, 0.6) is 0 Å². The van der Waals surface area contributed by atoms with Crippen molar-refractivity contribution in [3.05, 3.63) is 70.6 Å². The van der Waals surface area contributed by atoms with E-state index in [1.807, 2.05) is 19.9 Å². The number of nitrogens with one attached hydrogen (secondary N) is 3. The first-order valence-electron chi connectivity index (χ1n) is 12.6. The molecular formula is C27H31F2N5O3. The second-order valence-electron chi connectivity index (χ2n) is 10.1. The van der Waals surface area contributed by atoms with Gasteiger partial charge in [-0.05, 0) is 62.8 Å². The summed E-state index contributed by atoms with van der Waals surface area (Å²) in [5.74, 6) is 0.181. The van der Waals surface area contributed by atoms with Gasteiger partial charge in [0.05, 0.1) is 18.9 Å². The summed E-state index contributed by atoms with van der Waals surface area (Å²) in [6, 6.07) is 3.53. The Hall–Kier alpha value is -3.53. The molecule has 2 amide bonds. The summed E-state index contributed by atoms with van der Waals surface area (Å²) >= 11 is 0. The average molecular weight is 512 g/mol. The van der Waals surface area contributed by atoms with Crippen LogP contribution in [0.1, 0.15) is 61.3 Å². The molecule has 3 heterocycles. The van der Waals surface area contributed by atoms with E-state index in [1.165, 1.54) is 12.4 Å². The lowest BCUT2D eigenvalue weighted by Gasteiger charge is -2.33. The van der Waals surface area contributed by atoms with Gasteiger partial charge in [-0.15, -0.1) is 0 Å².